The molecule has 0 unspecified atom stereocenters. The fraction of sp³-hybridized carbons (Fsp3) is 0.727. The van der Waals surface area contributed by atoms with E-state index in [9.17, 15) is 5.11 Å². The Balaban J connectivity index is 1.21. The number of aryl methyl sites for hydroxylation is 1. The number of aliphatic hydroxyl groups excluding tert-OH is 1. The highest BCUT2D eigenvalue weighted by Crippen LogP contribution is 2.39. The molecule has 0 bridgehead atoms. The largest absolute Gasteiger partial charge is 0.487 e. The molecule has 2 aliphatic heterocycles. The maximum atomic E-state index is 10.4. The first-order chi connectivity index (χ1) is 12.7. The van der Waals surface area contributed by atoms with Crippen molar-refractivity contribution >= 4 is 0 Å². The number of piperidine rings is 1. The summed E-state index contributed by atoms with van der Waals surface area (Å²) in [6.45, 7) is 3.21. The molecule has 1 saturated carbocycles. The van der Waals surface area contributed by atoms with Crippen LogP contribution in [-0.2, 0) is 11.2 Å². The van der Waals surface area contributed by atoms with Crippen molar-refractivity contribution in [3.05, 3.63) is 29.8 Å². The summed E-state index contributed by atoms with van der Waals surface area (Å²) in [6.07, 6.45) is 10.6. The molecule has 0 radical (unpaired) electrons. The van der Waals surface area contributed by atoms with Crippen molar-refractivity contribution in [1.82, 2.24) is 4.90 Å². The van der Waals surface area contributed by atoms with Gasteiger partial charge in [0.25, 0.3) is 0 Å². The van der Waals surface area contributed by atoms with Gasteiger partial charge < -0.3 is 19.5 Å². The molecule has 2 heterocycles. The number of aliphatic hydroxyl groups is 1. The van der Waals surface area contributed by atoms with Gasteiger partial charge in [-0.15, -0.1) is 0 Å². The molecule has 1 N–H and O–H groups in total. The van der Waals surface area contributed by atoms with Crippen molar-refractivity contribution in [2.45, 2.75) is 75.6 Å². The summed E-state index contributed by atoms with van der Waals surface area (Å²) in [5, 5.41) is 10.4. The third-order valence-electron chi connectivity index (χ3n) is 6.46. The number of nitrogens with zero attached hydrogens (tertiary/aromatic N) is 1. The summed E-state index contributed by atoms with van der Waals surface area (Å²) in [5.41, 5.74) is 1.35. The van der Waals surface area contributed by atoms with Crippen LogP contribution in [0.25, 0.3) is 0 Å². The van der Waals surface area contributed by atoms with Crippen molar-refractivity contribution in [2.75, 3.05) is 26.2 Å². The third kappa shape index (κ3) is 4.41. The molecule has 3 aliphatic rings. The average molecular weight is 360 g/mol. The van der Waals surface area contributed by atoms with Crippen LogP contribution in [0.1, 0.15) is 56.9 Å². The number of likely N-dealkylation sites (tertiary alicyclic amines) is 1. The van der Waals surface area contributed by atoms with E-state index in [2.05, 4.69) is 29.2 Å². The van der Waals surface area contributed by atoms with Crippen molar-refractivity contribution in [3.63, 3.8) is 0 Å². The Hall–Kier alpha value is -1.10. The van der Waals surface area contributed by atoms with Crippen LogP contribution in [-0.4, -0.2) is 54.1 Å². The summed E-state index contributed by atoms with van der Waals surface area (Å²) in [7, 11) is 0. The fourth-order valence-corrected chi connectivity index (χ4v) is 4.78. The number of hydrogen-bond donors (Lipinski definition) is 1. The number of hydrogen-bond acceptors (Lipinski definition) is 4. The third-order valence-corrected chi connectivity index (χ3v) is 6.46. The molecule has 1 atom stereocenters. The zero-order valence-corrected chi connectivity index (χ0v) is 15.9. The van der Waals surface area contributed by atoms with Crippen molar-refractivity contribution < 1.29 is 14.6 Å². The maximum absolute atomic E-state index is 10.4. The Labute approximate surface area is 157 Å². The summed E-state index contributed by atoms with van der Waals surface area (Å²) >= 11 is 0. The molecule has 1 aromatic rings. The van der Waals surface area contributed by atoms with Crippen LogP contribution in [0.5, 0.6) is 5.75 Å². The average Bonchev–Trinajstić information content (AvgIpc) is 2.69. The van der Waals surface area contributed by atoms with Crippen LogP contribution in [0.15, 0.2) is 24.3 Å². The maximum Gasteiger partial charge on any atom is 0.123 e. The minimum absolute atomic E-state index is 0.00834. The number of β-amino-alcohol motifs (C(OH)–C–C–N with tert-alkyl or cyclic N) is 1. The van der Waals surface area contributed by atoms with Gasteiger partial charge in [-0.1, -0.05) is 37.5 Å². The van der Waals surface area contributed by atoms with Gasteiger partial charge in [0.05, 0.1) is 18.8 Å². The van der Waals surface area contributed by atoms with Crippen molar-refractivity contribution in [1.29, 1.82) is 0 Å². The van der Waals surface area contributed by atoms with Crippen LogP contribution < -0.4 is 4.74 Å². The second kappa shape index (κ2) is 8.28. The highest BCUT2D eigenvalue weighted by Gasteiger charge is 2.39. The first kappa shape index (κ1) is 18.3. The molecule has 26 heavy (non-hydrogen) atoms. The van der Waals surface area contributed by atoms with E-state index < -0.39 is 0 Å². The lowest BCUT2D eigenvalue weighted by Gasteiger charge is -2.45. The number of ether oxygens (including phenoxy) is 2. The van der Waals surface area contributed by atoms with E-state index in [0.717, 1.165) is 63.9 Å². The fourth-order valence-electron chi connectivity index (χ4n) is 4.78. The topological polar surface area (TPSA) is 41.9 Å². The minimum Gasteiger partial charge on any atom is -0.487 e. The monoisotopic (exact) mass is 359 g/mol. The predicted octanol–water partition coefficient (Wildman–Crippen LogP) is 3.56. The minimum atomic E-state index is -0.376. The molecular weight excluding hydrogens is 326 g/mol. The Morgan fingerprint density at radius 2 is 1.88 bits per heavy atom. The Morgan fingerprint density at radius 1 is 1.12 bits per heavy atom. The zero-order chi connectivity index (χ0) is 17.8. The summed E-state index contributed by atoms with van der Waals surface area (Å²) in [5.74, 6) is 1.08. The highest BCUT2D eigenvalue weighted by atomic mass is 16.5. The van der Waals surface area contributed by atoms with E-state index in [0.29, 0.717) is 12.7 Å². The molecule has 4 rings (SSSR count). The van der Waals surface area contributed by atoms with E-state index in [1.54, 1.807) is 0 Å². The molecule has 4 nitrogen and oxygen atoms in total. The van der Waals surface area contributed by atoms with Crippen molar-refractivity contribution in [2.24, 2.45) is 0 Å². The SMILES string of the molecule is O[C@H](COC1CCCCC1)CN1CCC2(CCc3ccccc3O2)CC1. The second-order valence-electron chi connectivity index (χ2n) is 8.44. The molecule has 0 aromatic heterocycles. The number of benzene rings is 1. The van der Waals surface area contributed by atoms with E-state index >= 15 is 0 Å². The van der Waals surface area contributed by atoms with Crippen LogP contribution in [0.2, 0.25) is 0 Å². The van der Waals surface area contributed by atoms with Gasteiger partial charge in [-0.2, -0.15) is 0 Å². The summed E-state index contributed by atoms with van der Waals surface area (Å²) < 4.78 is 12.4. The molecule has 144 valence electrons. The van der Waals surface area contributed by atoms with Gasteiger partial charge in [-0.25, -0.2) is 0 Å². The zero-order valence-electron chi connectivity index (χ0n) is 15.9. The van der Waals surface area contributed by atoms with Gasteiger partial charge in [0.15, 0.2) is 0 Å². The first-order valence-electron chi connectivity index (χ1n) is 10.5. The molecule has 1 aliphatic carbocycles. The van der Waals surface area contributed by atoms with Crippen LogP contribution in [0.4, 0.5) is 0 Å². The normalized spacial score (nSPS) is 24.8. The van der Waals surface area contributed by atoms with Gasteiger partial charge in [-0.3, -0.25) is 0 Å². The lowest BCUT2D eigenvalue weighted by molar-refractivity contribution is -0.0511. The molecule has 2 fully saturated rings. The smallest absolute Gasteiger partial charge is 0.123 e. The molecular formula is C22H33NO3. The molecule has 0 amide bonds. The summed E-state index contributed by atoms with van der Waals surface area (Å²) in [4.78, 5) is 2.38. The van der Waals surface area contributed by atoms with E-state index in [-0.39, 0.29) is 11.7 Å². The van der Waals surface area contributed by atoms with Gasteiger partial charge in [0.1, 0.15) is 11.4 Å². The van der Waals surface area contributed by atoms with Gasteiger partial charge in [0.2, 0.25) is 0 Å². The molecule has 1 spiro atoms. The number of para-hydroxylation sites is 1. The molecule has 4 heteroatoms. The Morgan fingerprint density at radius 3 is 2.69 bits per heavy atom. The van der Waals surface area contributed by atoms with Crippen LogP contribution in [0.3, 0.4) is 0 Å². The Kier molecular flexibility index (Phi) is 5.82. The first-order valence-corrected chi connectivity index (χ1v) is 10.5. The van der Waals surface area contributed by atoms with Gasteiger partial charge in [-0.05, 0) is 50.2 Å². The summed E-state index contributed by atoms with van der Waals surface area (Å²) in [6, 6.07) is 8.45. The lowest BCUT2D eigenvalue weighted by atomic mass is 9.83. The predicted molar refractivity (Wildman–Crippen MR) is 103 cm³/mol. The second-order valence-corrected chi connectivity index (χ2v) is 8.44. The molecule has 1 aromatic carbocycles. The highest BCUT2D eigenvalue weighted by molar-refractivity contribution is 5.36. The molecule has 1 saturated heterocycles. The van der Waals surface area contributed by atoms with E-state index in [1.165, 1.54) is 24.8 Å². The van der Waals surface area contributed by atoms with Gasteiger partial charge >= 0.3 is 0 Å². The Bertz CT molecular complexity index is 577. The van der Waals surface area contributed by atoms with E-state index in [4.69, 9.17) is 9.47 Å². The van der Waals surface area contributed by atoms with Crippen molar-refractivity contribution in [3.8, 4) is 5.75 Å². The number of fused-ring (bicyclic) bond motifs is 1. The van der Waals surface area contributed by atoms with Crippen LogP contribution in [0, 0.1) is 0 Å². The lowest BCUT2D eigenvalue weighted by Crippen LogP contribution is -2.51. The quantitative estimate of drug-likeness (QED) is 0.873. The van der Waals surface area contributed by atoms with Gasteiger partial charge in [0, 0.05) is 19.6 Å². The van der Waals surface area contributed by atoms with E-state index in [1.807, 2.05) is 0 Å². The number of rotatable bonds is 5. The standard InChI is InChI=1S/C22H33NO3/c24-19(17-25-20-7-2-1-3-8-20)16-23-14-12-22(13-15-23)11-10-18-6-4-5-9-21(18)26-22/h4-6,9,19-20,24H,1-3,7-8,10-17H2/t19-/m0/s1. The van der Waals surface area contributed by atoms with Crippen LogP contribution >= 0.6 is 0 Å².